The molecule has 0 heterocycles. The van der Waals surface area contributed by atoms with Crippen LogP contribution in [0.2, 0.25) is 0 Å². The van der Waals surface area contributed by atoms with Gasteiger partial charge in [-0.1, -0.05) is 13.8 Å². The molecule has 0 spiro atoms. The molecule has 3 heteroatoms. The summed E-state index contributed by atoms with van der Waals surface area (Å²) in [5, 5.41) is 0. The van der Waals surface area contributed by atoms with Crippen LogP contribution in [-0.2, 0) is 4.79 Å². The van der Waals surface area contributed by atoms with Crippen LogP contribution in [0.15, 0.2) is 0 Å². The molecule has 15 heavy (non-hydrogen) atoms. The molecule has 2 N–H and O–H groups in total. The van der Waals surface area contributed by atoms with Gasteiger partial charge in [-0.05, 0) is 31.6 Å². The molecule has 88 valence electrons. The van der Waals surface area contributed by atoms with Gasteiger partial charge in [0, 0.05) is 25.6 Å². The van der Waals surface area contributed by atoms with E-state index in [1.165, 1.54) is 12.8 Å². The van der Waals surface area contributed by atoms with Crippen LogP contribution in [-0.4, -0.2) is 29.9 Å². The first-order valence-electron chi connectivity index (χ1n) is 5.94. The molecule has 1 fully saturated rings. The van der Waals surface area contributed by atoms with Crippen LogP contribution in [0.5, 0.6) is 0 Å². The first kappa shape index (κ1) is 12.5. The number of nitrogens with zero attached hydrogens (tertiary/aromatic N) is 1. The SMILES string of the molecule is CC(C)C(C)N(C)C(=O)CC(N)C1CC1. The van der Waals surface area contributed by atoms with Crippen LogP contribution in [0, 0.1) is 11.8 Å². The van der Waals surface area contributed by atoms with Gasteiger partial charge < -0.3 is 10.6 Å². The summed E-state index contributed by atoms with van der Waals surface area (Å²) in [5.74, 6) is 1.29. The molecule has 0 saturated heterocycles. The number of hydrogen-bond acceptors (Lipinski definition) is 2. The molecule has 0 bridgehead atoms. The largest absolute Gasteiger partial charge is 0.343 e. The van der Waals surface area contributed by atoms with E-state index in [1.54, 1.807) is 0 Å². The van der Waals surface area contributed by atoms with E-state index in [0.29, 0.717) is 24.3 Å². The molecule has 1 rings (SSSR count). The second-order valence-electron chi connectivity index (χ2n) is 5.19. The molecule has 0 radical (unpaired) electrons. The lowest BCUT2D eigenvalue weighted by atomic mass is 10.0. The lowest BCUT2D eigenvalue weighted by Gasteiger charge is -2.29. The molecule has 1 aliphatic carbocycles. The molecule has 0 aromatic carbocycles. The highest BCUT2D eigenvalue weighted by Crippen LogP contribution is 2.33. The second kappa shape index (κ2) is 4.97. The normalized spacial score (nSPS) is 20.1. The predicted molar refractivity (Wildman–Crippen MR) is 62.4 cm³/mol. The van der Waals surface area contributed by atoms with Crippen molar-refractivity contribution < 1.29 is 4.79 Å². The van der Waals surface area contributed by atoms with Crippen molar-refractivity contribution >= 4 is 5.91 Å². The third-order valence-electron chi connectivity index (χ3n) is 3.61. The van der Waals surface area contributed by atoms with Gasteiger partial charge in [-0.25, -0.2) is 0 Å². The smallest absolute Gasteiger partial charge is 0.224 e. The molecule has 0 aromatic rings. The van der Waals surface area contributed by atoms with Crippen LogP contribution in [0.4, 0.5) is 0 Å². The number of carbonyl (C=O) groups excluding carboxylic acids is 1. The summed E-state index contributed by atoms with van der Waals surface area (Å²) in [4.78, 5) is 13.7. The van der Waals surface area contributed by atoms with E-state index < -0.39 is 0 Å². The van der Waals surface area contributed by atoms with Gasteiger partial charge in [-0.3, -0.25) is 4.79 Å². The topological polar surface area (TPSA) is 46.3 Å². The lowest BCUT2D eigenvalue weighted by molar-refractivity contribution is -0.132. The summed E-state index contributed by atoms with van der Waals surface area (Å²) in [6, 6.07) is 0.378. The number of hydrogen-bond donors (Lipinski definition) is 1. The molecular formula is C12H24N2O. The van der Waals surface area contributed by atoms with Crippen LogP contribution < -0.4 is 5.73 Å². The Balaban J connectivity index is 2.37. The minimum Gasteiger partial charge on any atom is -0.343 e. The third kappa shape index (κ3) is 3.49. The Labute approximate surface area is 93.0 Å². The summed E-state index contributed by atoms with van der Waals surface area (Å²) in [7, 11) is 1.88. The van der Waals surface area contributed by atoms with Crippen LogP contribution in [0.25, 0.3) is 0 Å². The van der Waals surface area contributed by atoms with Gasteiger partial charge >= 0.3 is 0 Å². The number of carbonyl (C=O) groups is 1. The fraction of sp³-hybridized carbons (Fsp3) is 0.917. The molecule has 3 nitrogen and oxygen atoms in total. The van der Waals surface area contributed by atoms with Crippen molar-refractivity contribution in [2.75, 3.05) is 7.05 Å². The van der Waals surface area contributed by atoms with Crippen LogP contribution in [0.3, 0.4) is 0 Å². The Hall–Kier alpha value is -0.570. The summed E-state index contributed by atoms with van der Waals surface area (Å²) in [5.41, 5.74) is 5.95. The molecule has 1 saturated carbocycles. The van der Waals surface area contributed by atoms with Crippen molar-refractivity contribution in [3.05, 3.63) is 0 Å². The quantitative estimate of drug-likeness (QED) is 0.752. The van der Waals surface area contributed by atoms with Gasteiger partial charge in [0.25, 0.3) is 0 Å². The van der Waals surface area contributed by atoms with E-state index in [1.807, 2.05) is 11.9 Å². The highest BCUT2D eigenvalue weighted by molar-refractivity contribution is 5.76. The standard InChI is InChI=1S/C12H24N2O/c1-8(2)9(3)14(4)12(15)7-11(13)10-5-6-10/h8-11H,5-7,13H2,1-4H3. The zero-order chi connectivity index (χ0) is 11.6. The Morgan fingerprint density at radius 1 is 1.40 bits per heavy atom. The van der Waals surface area contributed by atoms with Crippen molar-refractivity contribution in [2.24, 2.45) is 17.6 Å². The van der Waals surface area contributed by atoms with Gasteiger partial charge in [0.1, 0.15) is 0 Å². The zero-order valence-corrected chi connectivity index (χ0v) is 10.4. The van der Waals surface area contributed by atoms with E-state index in [-0.39, 0.29) is 11.9 Å². The predicted octanol–water partition coefficient (Wildman–Crippen LogP) is 1.62. The Bertz CT molecular complexity index is 224. The molecule has 0 aromatic heterocycles. The molecule has 2 atom stereocenters. The number of rotatable bonds is 5. The van der Waals surface area contributed by atoms with E-state index in [2.05, 4.69) is 20.8 Å². The fourth-order valence-corrected chi connectivity index (χ4v) is 1.71. The van der Waals surface area contributed by atoms with E-state index in [9.17, 15) is 4.79 Å². The van der Waals surface area contributed by atoms with E-state index in [0.717, 1.165) is 0 Å². The zero-order valence-electron chi connectivity index (χ0n) is 10.4. The van der Waals surface area contributed by atoms with Crippen molar-refractivity contribution in [3.63, 3.8) is 0 Å². The van der Waals surface area contributed by atoms with Crippen LogP contribution >= 0.6 is 0 Å². The Morgan fingerprint density at radius 3 is 2.33 bits per heavy atom. The second-order valence-corrected chi connectivity index (χ2v) is 5.19. The number of nitrogens with two attached hydrogens (primary N) is 1. The monoisotopic (exact) mass is 212 g/mol. The minimum atomic E-state index is 0.0827. The van der Waals surface area contributed by atoms with E-state index >= 15 is 0 Å². The average molecular weight is 212 g/mol. The van der Waals surface area contributed by atoms with Gasteiger partial charge in [-0.15, -0.1) is 0 Å². The van der Waals surface area contributed by atoms with Gasteiger partial charge in [0.2, 0.25) is 5.91 Å². The number of amides is 1. The lowest BCUT2D eigenvalue weighted by Crippen LogP contribution is -2.41. The maximum Gasteiger partial charge on any atom is 0.224 e. The minimum absolute atomic E-state index is 0.0827. The highest BCUT2D eigenvalue weighted by atomic mass is 16.2. The Morgan fingerprint density at radius 2 is 1.93 bits per heavy atom. The fourth-order valence-electron chi connectivity index (χ4n) is 1.71. The summed E-state index contributed by atoms with van der Waals surface area (Å²) in [6.45, 7) is 6.36. The first-order chi connectivity index (χ1) is 6.93. The first-order valence-corrected chi connectivity index (χ1v) is 5.94. The maximum atomic E-state index is 11.9. The molecule has 0 aliphatic heterocycles. The van der Waals surface area contributed by atoms with Crippen molar-refractivity contribution in [2.45, 2.75) is 52.1 Å². The molecular weight excluding hydrogens is 188 g/mol. The highest BCUT2D eigenvalue weighted by Gasteiger charge is 2.31. The molecule has 1 aliphatic rings. The summed E-state index contributed by atoms with van der Waals surface area (Å²) in [6.07, 6.45) is 2.92. The van der Waals surface area contributed by atoms with Crippen molar-refractivity contribution in [1.82, 2.24) is 4.90 Å². The van der Waals surface area contributed by atoms with Gasteiger partial charge in [-0.2, -0.15) is 0 Å². The molecule has 1 amide bonds. The third-order valence-corrected chi connectivity index (χ3v) is 3.61. The van der Waals surface area contributed by atoms with E-state index in [4.69, 9.17) is 5.73 Å². The average Bonchev–Trinajstić information content (AvgIpc) is 2.98. The summed E-state index contributed by atoms with van der Waals surface area (Å²) >= 11 is 0. The van der Waals surface area contributed by atoms with Gasteiger partial charge in [0.15, 0.2) is 0 Å². The van der Waals surface area contributed by atoms with Crippen molar-refractivity contribution in [3.8, 4) is 0 Å². The van der Waals surface area contributed by atoms with Gasteiger partial charge in [0.05, 0.1) is 0 Å². The maximum absolute atomic E-state index is 11.9. The molecule has 2 unspecified atom stereocenters. The van der Waals surface area contributed by atoms with Crippen LogP contribution in [0.1, 0.15) is 40.0 Å². The van der Waals surface area contributed by atoms with Crippen molar-refractivity contribution in [1.29, 1.82) is 0 Å². The Kier molecular flexibility index (Phi) is 4.14. The summed E-state index contributed by atoms with van der Waals surface area (Å²) < 4.78 is 0.